The maximum Gasteiger partial charge on any atom is 0.244 e. The molecule has 6 heteroatoms. The standard InChI is InChI=1S/C25H27N5O/c1-16-9-11-20(12-10-16)15-30-19(4)21(17(2)29-30)13-14-24(31)26-18(3)25-27-22-7-5-6-8-23(22)28-25/h5-14,18H,15H2,1-4H3,(H,26,31)(H,27,28)/b14-13+. The molecule has 1 amide bonds. The van der Waals surface area contributed by atoms with Gasteiger partial charge in [0.1, 0.15) is 5.82 Å². The number of amides is 1. The molecular weight excluding hydrogens is 386 g/mol. The summed E-state index contributed by atoms with van der Waals surface area (Å²) in [6.45, 7) is 8.70. The molecule has 1 atom stereocenters. The Balaban J connectivity index is 1.44. The van der Waals surface area contributed by atoms with Gasteiger partial charge in [0.05, 0.1) is 29.3 Å². The highest BCUT2D eigenvalue weighted by Gasteiger charge is 2.13. The molecule has 6 nitrogen and oxygen atoms in total. The fourth-order valence-electron chi connectivity index (χ4n) is 3.64. The first kappa shape index (κ1) is 20.6. The van der Waals surface area contributed by atoms with Gasteiger partial charge >= 0.3 is 0 Å². The molecule has 0 fully saturated rings. The Morgan fingerprint density at radius 1 is 1.13 bits per heavy atom. The lowest BCUT2D eigenvalue weighted by atomic mass is 10.1. The van der Waals surface area contributed by atoms with Crippen LogP contribution in [0.5, 0.6) is 0 Å². The minimum Gasteiger partial charge on any atom is -0.343 e. The van der Waals surface area contributed by atoms with Crippen LogP contribution in [0.1, 0.15) is 46.9 Å². The normalized spacial score (nSPS) is 12.5. The van der Waals surface area contributed by atoms with Gasteiger partial charge in [0.25, 0.3) is 0 Å². The summed E-state index contributed by atoms with van der Waals surface area (Å²) >= 11 is 0. The molecule has 0 radical (unpaired) electrons. The molecule has 0 aliphatic heterocycles. The summed E-state index contributed by atoms with van der Waals surface area (Å²) < 4.78 is 1.98. The number of fused-ring (bicyclic) bond motifs is 1. The maximum absolute atomic E-state index is 12.5. The topological polar surface area (TPSA) is 75.6 Å². The number of carbonyl (C=O) groups excluding carboxylic acids is 1. The molecule has 0 aliphatic carbocycles. The van der Waals surface area contributed by atoms with Gasteiger partial charge in [-0.1, -0.05) is 42.0 Å². The highest BCUT2D eigenvalue weighted by Crippen LogP contribution is 2.18. The molecule has 2 aromatic heterocycles. The minimum atomic E-state index is -0.226. The van der Waals surface area contributed by atoms with Gasteiger partial charge in [0.2, 0.25) is 5.91 Å². The molecule has 1 unspecified atom stereocenters. The Bertz CT molecular complexity index is 1210. The lowest BCUT2D eigenvalue weighted by Crippen LogP contribution is -2.25. The Kier molecular flexibility index (Phi) is 5.71. The van der Waals surface area contributed by atoms with E-state index in [-0.39, 0.29) is 11.9 Å². The van der Waals surface area contributed by atoms with E-state index in [0.717, 1.165) is 33.8 Å². The lowest BCUT2D eigenvalue weighted by molar-refractivity contribution is -0.117. The van der Waals surface area contributed by atoms with E-state index in [9.17, 15) is 4.79 Å². The van der Waals surface area contributed by atoms with Gasteiger partial charge in [0, 0.05) is 17.3 Å². The summed E-state index contributed by atoms with van der Waals surface area (Å²) in [5, 5.41) is 7.63. The molecule has 0 bridgehead atoms. The van der Waals surface area contributed by atoms with Gasteiger partial charge in [-0.3, -0.25) is 9.48 Å². The molecule has 0 saturated carbocycles. The number of aromatic amines is 1. The third kappa shape index (κ3) is 4.58. The first-order chi connectivity index (χ1) is 14.9. The van der Waals surface area contributed by atoms with Crippen molar-refractivity contribution in [2.75, 3.05) is 0 Å². The van der Waals surface area contributed by atoms with Crippen molar-refractivity contribution in [3.8, 4) is 0 Å². The molecule has 0 saturated heterocycles. The van der Waals surface area contributed by atoms with Crippen LogP contribution in [0.4, 0.5) is 0 Å². The number of hydrogen-bond acceptors (Lipinski definition) is 3. The highest BCUT2D eigenvalue weighted by molar-refractivity contribution is 5.92. The summed E-state index contributed by atoms with van der Waals surface area (Å²) in [6, 6.07) is 16.1. The van der Waals surface area contributed by atoms with Crippen molar-refractivity contribution < 1.29 is 4.79 Å². The summed E-state index contributed by atoms with van der Waals surface area (Å²) in [5.74, 6) is 0.569. The number of aromatic nitrogens is 4. The number of imidazole rings is 1. The Morgan fingerprint density at radius 3 is 2.61 bits per heavy atom. The first-order valence-corrected chi connectivity index (χ1v) is 10.4. The highest BCUT2D eigenvalue weighted by atomic mass is 16.1. The van der Waals surface area contributed by atoms with Crippen LogP contribution in [-0.4, -0.2) is 25.7 Å². The zero-order valence-corrected chi connectivity index (χ0v) is 18.3. The van der Waals surface area contributed by atoms with E-state index in [4.69, 9.17) is 0 Å². The number of carbonyl (C=O) groups is 1. The van der Waals surface area contributed by atoms with E-state index in [1.807, 2.05) is 55.8 Å². The van der Waals surface area contributed by atoms with Crippen LogP contribution in [0.25, 0.3) is 17.1 Å². The van der Waals surface area contributed by atoms with Gasteiger partial charge in [-0.15, -0.1) is 0 Å². The van der Waals surface area contributed by atoms with Crippen LogP contribution in [0, 0.1) is 20.8 Å². The summed E-state index contributed by atoms with van der Waals surface area (Å²) in [7, 11) is 0. The van der Waals surface area contributed by atoms with Gasteiger partial charge in [-0.05, 0) is 51.5 Å². The predicted molar refractivity (Wildman–Crippen MR) is 124 cm³/mol. The van der Waals surface area contributed by atoms with Crippen molar-refractivity contribution in [2.24, 2.45) is 0 Å². The van der Waals surface area contributed by atoms with Crippen LogP contribution in [0.15, 0.2) is 54.6 Å². The number of nitrogens with one attached hydrogen (secondary N) is 2. The van der Waals surface area contributed by atoms with Crippen LogP contribution >= 0.6 is 0 Å². The average molecular weight is 414 g/mol. The average Bonchev–Trinajstić information content (AvgIpc) is 3.29. The fraction of sp³-hybridized carbons (Fsp3) is 0.240. The SMILES string of the molecule is Cc1ccc(Cn2nc(C)c(/C=C/C(=O)NC(C)c3nc4ccccc4[nH]3)c2C)cc1. The quantitative estimate of drug-likeness (QED) is 0.453. The van der Waals surface area contributed by atoms with Crippen LogP contribution < -0.4 is 5.32 Å². The van der Waals surface area contributed by atoms with Crippen molar-refractivity contribution in [2.45, 2.75) is 40.3 Å². The van der Waals surface area contributed by atoms with E-state index in [1.54, 1.807) is 6.08 Å². The second kappa shape index (κ2) is 8.60. The lowest BCUT2D eigenvalue weighted by Gasteiger charge is -2.09. The Morgan fingerprint density at radius 2 is 1.87 bits per heavy atom. The largest absolute Gasteiger partial charge is 0.343 e. The van der Waals surface area contributed by atoms with Gasteiger partial charge in [0.15, 0.2) is 0 Å². The Hall–Kier alpha value is -3.67. The number of rotatable bonds is 6. The monoisotopic (exact) mass is 413 g/mol. The van der Waals surface area contributed by atoms with Crippen molar-refractivity contribution in [1.29, 1.82) is 0 Å². The fourth-order valence-corrected chi connectivity index (χ4v) is 3.64. The smallest absolute Gasteiger partial charge is 0.244 e. The van der Waals surface area contributed by atoms with E-state index in [0.29, 0.717) is 6.54 Å². The van der Waals surface area contributed by atoms with Gasteiger partial charge in [-0.2, -0.15) is 5.10 Å². The molecule has 4 rings (SSSR count). The number of H-pyrrole nitrogens is 1. The summed E-state index contributed by atoms with van der Waals surface area (Å²) in [5.41, 5.74) is 7.20. The van der Waals surface area contributed by atoms with Crippen LogP contribution in [0.3, 0.4) is 0 Å². The molecule has 0 aliphatic rings. The van der Waals surface area contributed by atoms with Gasteiger partial charge < -0.3 is 10.3 Å². The maximum atomic E-state index is 12.5. The van der Waals surface area contributed by atoms with E-state index >= 15 is 0 Å². The number of hydrogen-bond donors (Lipinski definition) is 2. The van der Waals surface area contributed by atoms with Crippen molar-refractivity contribution >= 4 is 23.0 Å². The van der Waals surface area contributed by atoms with Crippen LogP contribution in [0.2, 0.25) is 0 Å². The predicted octanol–water partition coefficient (Wildman–Crippen LogP) is 4.62. The third-order valence-electron chi connectivity index (χ3n) is 5.47. The van der Waals surface area contributed by atoms with E-state index < -0.39 is 0 Å². The third-order valence-corrected chi connectivity index (χ3v) is 5.47. The van der Waals surface area contributed by atoms with E-state index in [2.05, 4.69) is 51.6 Å². The molecule has 158 valence electrons. The summed E-state index contributed by atoms with van der Waals surface area (Å²) in [4.78, 5) is 20.3. The molecular formula is C25H27N5O. The molecule has 4 aromatic rings. The zero-order chi connectivity index (χ0) is 22.0. The molecule has 0 spiro atoms. The Labute approximate surface area is 182 Å². The zero-order valence-electron chi connectivity index (χ0n) is 18.3. The number of aryl methyl sites for hydroxylation is 2. The summed E-state index contributed by atoms with van der Waals surface area (Å²) in [6.07, 6.45) is 3.40. The number of nitrogens with zero attached hydrogens (tertiary/aromatic N) is 3. The molecule has 2 N–H and O–H groups in total. The van der Waals surface area contributed by atoms with Crippen molar-refractivity contribution in [1.82, 2.24) is 25.1 Å². The second-order valence-electron chi connectivity index (χ2n) is 7.93. The molecule has 2 aromatic carbocycles. The van der Waals surface area contributed by atoms with E-state index in [1.165, 1.54) is 11.1 Å². The first-order valence-electron chi connectivity index (χ1n) is 10.4. The van der Waals surface area contributed by atoms with Crippen LogP contribution in [-0.2, 0) is 11.3 Å². The second-order valence-corrected chi connectivity index (χ2v) is 7.93. The molecule has 2 heterocycles. The number of benzene rings is 2. The van der Waals surface area contributed by atoms with Gasteiger partial charge in [-0.25, -0.2) is 4.98 Å². The van der Waals surface area contributed by atoms with Crippen molar-refractivity contribution in [3.05, 3.63) is 88.5 Å². The number of para-hydroxylation sites is 2. The molecule has 31 heavy (non-hydrogen) atoms. The van der Waals surface area contributed by atoms with Crippen molar-refractivity contribution in [3.63, 3.8) is 0 Å². The minimum absolute atomic E-state index is 0.168.